The van der Waals surface area contributed by atoms with Crippen LogP contribution in [0.5, 0.6) is 0 Å². The van der Waals surface area contributed by atoms with E-state index in [9.17, 15) is 23.6 Å². The molecule has 0 heterocycles. The molecule has 0 spiro atoms. The van der Waals surface area contributed by atoms with Crippen molar-refractivity contribution in [3.63, 3.8) is 0 Å². The van der Waals surface area contributed by atoms with Gasteiger partial charge in [0.15, 0.2) is 0 Å². The fourth-order valence-electron chi connectivity index (χ4n) is 10.2. The van der Waals surface area contributed by atoms with Crippen LogP contribution in [0.4, 0.5) is 8.78 Å². The molecule has 0 radical (unpaired) electrons. The van der Waals surface area contributed by atoms with Crippen molar-refractivity contribution in [3.05, 3.63) is 0 Å². The number of carbonyl (C=O) groups is 2. The van der Waals surface area contributed by atoms with E-state index in [4.69, 9.17) is 9.47 Å². The number of carbonyl (C=O) groups excluding carboxylic acids is 2. The van der Waals surface area contributed by atoms with Gasteiger partial charge in [-0.15, -0.1) is 0 Å². The molecule has 7 aliphatic carbocycles. The highest BCUT2D eigenvalue weighted by Crippen LogP contribution is 2.64. The maximum Gasteiger partial charge on any atom is 0.412 e. The molecular weight excluding hydrogens is 478 g/mol. The molecule has 7 fully saturated rings. The van der Waals surface area contributed by atoms with Gasteiger partial charge < -0.3 is 19.1 Å². The third-order valence-corrected chi connectivity index (χ3v) is 11.1. The molecule has 7 saturated carbocycles. The van der Waals surface area contributed by atoms with Crippen LogP contribution in [-0.2, 0) is 23.4 Å². The van der Waals surface area contributed by atoms with Gasteiger partial charge in [0.05, 0.1) is 18.6 Å². The van der Waals surface area contributed by atoms with E-state index in [1.807, 2.05) is 0 Å². The molecule has 0 N–H and O–H groups in total. The van der Waals surface area contributed by atoms with Crippen LogP contribution < -0.4 is 5.26 Å². The summed E-state index contributed by atoms with van der Waals surface area (Å²) in [5.41, 5.74) is -1.01. The molecule has 8 unspecified atom stereocenters. The van der Waals surface area contributed by atoms with Gasteiger partial charge >= 0.3 is 17.2 Å². The van der Waals surface area contributed by atoms with Crippen LogP contribution in [0.1, 0.15) is 77.6 Å². The van der Waals surface area contributed by atoms with E-state index in [0.29, 0.717) is 36.5 Å². The minimum atomic E-state index is -4.04. The van der Waals surface area contributed by atoms with Gasteiger partial charge in [0.2, 0.25) is 0 Å². The second-order valence-corrected chi connectivity index (χ2v) is 13.9. The first-order valence-corrected chi connectivity index (χ1v) is 14.1. The Morgan fingerprint density at radius 1 is 1.00 bits per heavy atom. The van der Waals surface area contributed by atoms with Gasteiger partial charge in [-0.3, -0.25) is 4.79 Å². The molecule has 196 valence electrons. The van der Waals surface area contributed by atoms with Crippen LogP contribution in [0.25, 0.3) is 0 Å². The van der Waals surface area contributed by atoms with E-state index in [1.54, 1.807) is 0 Å². The van der Waals surface area contributed by atoms with E-state index < -0.39 is 34.3 Å². The Bertz CT molecular complexity index is 868. The van der Waals surface area contributed by atoms with Crippen molar-refractivity contribution >= 4 is 24.0 Å². The summed E-state index contributed by atoms with van der Waals surface area (Å²) in [4.78, 5) is 25.1. The summed E-state index contributed by atoms with van der Waals surface area (Å²) in [6.45, 7) is 2.22. The Labute approximate surface area is 209 Å². The van der Waals surface area contributed by atoms with E-state index in [2.05, 4.69) is 11.3 Å². The minimum absolute atomic E-state index is 0.102. The van der Waals surface area contributed by atoms with Crippen molar-refractivity contribution in [3.8, 4) is 0 Å². The maximum absolute atomic E-state index is 13.7. The highest BCUT2D eigenvalue weighted by Gasteiger charge is 2.61. The SMILES string of the molecule is CC1CC2C3CC(CC(=O)OC45CC6CC(CC(COC(=O)C(F)(F)SO[O-])(C6)C4)C5)C(C3)C2C1. The van der Waals surface area contributed by atoms with Crippen molar-refractivity contribution in [2.24, 2.45) is 52.8 Å². The monoisotopic (exact) mass is 513 g/mol. The second kappa shape index (κ2) is 8.55. The van der Waals surface area contributed by atoms with Crippen molar-refractivity contribution in [1.29, 1.82) is 0 Å². The zero-order valence-electron chi connectivity index (χ0n) is 20.2. The molecule has 6 bridgehead atoms. The summed E-state index contributed by atoms with van der Waals surface area (Å²) in [7, 11) is 0. The van der Waals surface area contributed by atoms with Gasteiger partial charge in [0.25, 0.3) is 0 Å². The summed E-state index contributed by atoms with van der Waals surface area (Å²) < 4.78 is 41.8. The van der Waals surface area contributed by atoms with Crippen molar-refractivity contribution in [1.82, 2.24) is 0 Å². The maximum atomic E-state index is 13.7. The molecule has 35 heavy (non-hydrogen) atoms. The third-order valence-electron chi connectivity index (χ3n) is 10.6. The number of ether oxygens (including phenoxy) is 2. The fraction of sp³-hybridized carbons (Fsp3) is 0.923. The first kappa shape index (κ1) is 24.4. The molecule has 7 aliphatic rings. The molecule has 9 heteroatoms. The lowest BCUT2D eigenvalue weighted by atomic mass is 9.48. The predicted molar refractivity (Wildman–Crippen MR) is 120 cm³/mol. The zero-order chi connectivity index (χ0) is 24.6. The molecule has 0 amide bonds. The van der Waals surface area contributed by atoms with Crippen LogP contribution >= 0.6 is 12.0 Å². The van der Waals surface area contributed by atoms with Gasteiger partial charge in [-0.05, 0) is 112 Å². The Morgan fingerprint density at radius 2 is 1.71 bits per heavy atom. The number of alkyl halides is 2. The van der Waals surface area contributed by atoms with Gasteiger partial charge in [0, 0.05) is 11.8 Å². The highest BCUT2D eigenvalue weighted by molar-refractivity contribution is 7.96. The lowest BCUT2D eigenvalue weighted by molar-refractivity contribution is -0.630. The van der Waals surface area contributed by atoms with Crippen molar-refractivity contribution in [2.75, 3.05) is 6.61 Å². The summed E-state index contributed by atoms with van der Waals surface area (Å²) in [5, 5.41) is 6.05. The average molecular weight is 514 g/mol. The van der Waals surface area contributed by atoms with E-state index in [-0.39, 0.29) is 12.6 Å². The number of hydrogen-bond donors (Lipinski definition) is 0. The number of hydrogen-bond acceptors (Lipinski definition) is 7. The van der Waals surface area contributed by atoms with Gasteiger partial charge in [-0.2, -0.15) is 8.78 Å². The van der Waals surface area contributed by atoms with Gasteiger partial charge in [-0.1, -0.05) is 6.92 Å². The third kappa shape index (κ3) is 4.31. The average Bonchev–Trinajstić information content (AvgIpc) is 3.41. The van der Waals surface area contributed by atoms with E-state index >= 15 is 0 Å². The predicted octanol–water partition coefficient (Wildman–Crippen LogP) is 4.65. The second-order valence-electron chi connectivity index (χ2n) is 13.1. The molecule has 0 aromatic heterocycles. The Morgan fingerprint density at radius 3 is 2.43 bits per heavy atom. The molecule has 0 aromatic carbocycles. The summed E-state index contributed by atoms with van der Waals surface area (Å²) in [5.74, 6) is 3.22. The lowest BCUT2D eigenvalue weighted by Gasteiger charge is -2.60. The highest BCUT2D eigenvalue weighted by atomic mass is 32.2. The van der Waals surface area contributed by atoms with E-state index in [1.165, 1.54) is 19.3 Å². The summed E-state index contributed by atoms with van der Waals surface area (Å²) >= 11 is -0.741. The Hall–Kier alpha value is -0.930. The van der Waals surface area contributed by atoms with Gasteiger partial charge in [-0.25, -0.2) is 4.79 Å². The first-order chi connectivity index (χ1) is 16.6. The Balaban J connectivity index is 1.09. The summed E-state index contributed by atoms with van der Waals surface area (Å²) in [6.07, 6.45) is 10.4. The summed E-state index contributed by atoms with van der Waals surface area (Å²) in [6, 6.07) is 0. The van der Waals surface area contributed by atoms with Crippen molar-refractivity contribution in [2.45, 2.75) is 88.4 Å². The van der Waals surface area contributed by atoms with Crippen LogP contribution in [-0.4, -0.2) is 29.4 Å². The van der Waals surface area contributed by atoms with Crippen LogP contribution in [0.3, 0.4) is 0 Å². The zero-order valence-corrected chi connectivity index (χ0v) is 21.0. The lowest BCUT2D eigenvalue weighted by Crippen LogP contribution is -2.59. The van der Waals surface area contributed by atoms with Crippen molar-refractivity contribution < 1.29 is 37.4 Å². The normalized spacial score (nSPS) is 47.2. The van der Waals surface area contributed by atoms with Crippen LogP contribution in [0.15, 0.2) is 0 Å². The largest absolute Gasteiger partial charge is 0.710 e. The molecule has 0 saturated heterocycles. The molecular formula is C26H35F2O6S-. The molecule has 0 aromatic rings. The number of esters is 2. The van der Waals surface area contributed by atoms with Crippen LogP contribution in [0, 0.1) is 52.8 Å². The van der Waals surface area contributed by atoms with E-state index in [0.717, 1.165) is 62.2 Å². The number of halogens is 2. The minimum Gasteiger partial charge on any atom is -0.710 e. The van der Waals surface area contributed by atoms with Crippen LogP contribution in [0.2, 0.25) is 0 Å². The van der Waals surface area contributed by atoms with Gasteiger partial charge in [0.1, 0.15) is 5.60 Å². The quantitative estimate of drug-likeness (QED) is 0.202. The molecule has 7 rings (SSSR count). The first-order valence-electron chi connectivity index (χ1n) is 13.3. The molecule has 6 nitrogen and oxygen atoms in total. The molecule has 0 aliphatic heterocycles. The topological polar surface area (TPSA) is 84.9 Å². The Kier molecular flexibility index (Phi) is 5.96. The smallest absolute Gasteiger partial charge is 0.412 e. The standard InChI is InChI=1S/C26H36F2O6S/c1-14-2-19-17-5-18(20(6-17)21(19)3-14)7-22(29)33-25-10-15-4-16(11-25)9-24(8-15,12-25)13-32-23(30)26(27,28)35-34-31/h14-21,31H,2-13H2,1H3/p-1. The number of rotatable bonds is 8. The molecule has 8 atom stereocenters. The number of fused-ring (bicyclic) bond motifs is 5. The fourth-order valence-corrected chi connectivity index (χ4v) is 10.5.